The Balaban J connectivity index is 1.26. The van der Waals surface area contributed by atoms with E-state index in [4.69, 9.17) is 9.47 Å². The first-order chi connectivity index (χ1) is 19.9. The van der Waals surface area contributed by atoms with Gasteiger partial charge < -0.3 is 25.2 Å². The summed E-state index contributed by atoms with van der Waals surface area (Å²) in [5, 5.41) is 15.0. The fourth-order valence-electron chi connectivity index (χ4n) is 5.53. The van der Waals surface area contributed by atoms with Gasteiger partial charge in [0.25, 0.3) is 0 Å². The minimum absolute atomic E-state index is 0.110. The Kier molecular flexibility index (Phi) is 8.79. The number of hydrogen-bond acceptors (Lipinski definition) is 5. The second kappa shape index (κ2) is 12.8. The third kappa shape index (κ3) is 6.66. The average molecular weight is 555 g/mol. The standard InChI is InChI=1S/C33H34N2O6/c1-21(40-19-22-10-3-2-4-11-22)30(31(36)34-24-13-9-12-23(18-24)32(37)38)35-33(39)41-20-29-27-16-7-5-14-25(27)26-15-6-8-17-28(26)29/h2-11,13-17,21,23-24,29-30H,12,18-20H2,1H3,(H,34,36)(H,35,39)(H,37,38)/t21?,23-,24-,30?/m0/s1. The zero-order valence-electron chi connectivity index (χ0n) is 22.9. The monoisotopic (exact) mass is 554 g/mol. The zero-order valence-corrected chi connectivity index (χ0v) is 22.9. The lowest BCUT2D eigenvalue weighted by molar-refractivity contribution is -0.142. The van der Waals surface area contributed by atoms with Gasteiger partial charge in [-0.15, -0.1) is 0 Å². The number of carboxylic acids is 1. The van der Waals surface area contributed by atoms with Gasteiger partial charge in [-0.2, -0.15) is 0 Å². The van der Waals surface area contributed by atoms with Crippen LogP contribution in [0.1, 0.15) is 42.4 Å². The molecule has 8 nitrogen and oxygen atoms in total. The summed E-state index contributed by atoms with van der Waals surface area (Å²) >= 11 is 0. The lowest BCUT2D eigenvalue weighted by Crippen LogP contribution is -2.55. The van der Waals surface area contributed by atoms with Crippen LogP contribution in [0.4, 0.5) is 4.79 Å². The highest BCUT2D eigenvalue weighted by molar-refractivity contribution is 5.87. The van der Waals surface area contributed by atoms with Crippen molar-refractivity contribution >= 4 is 18.0 Å². The molecule has 0 heterocycles. The van der Waals surface area contributed by atoms with Gasteiger partial charge in [0, 0.05) is 12.0 Å². The lowest BCUT2D eigenvalue weighted by Gasteiger charge is -2.28. The number of amides is 2. The molecule has 5 rings (SSSR count). The van der Waals surface area contributed by atoms with E-state index in [1.807, 2.05) is 66.7 Å². The van der Waals surface area contributed by atoms with Crippen molar-refractivity contribution in [3.05, 3.63) is 108 Å². The largest absolute Gasteiger partial charge is 0.481 e. The Morgan fingerprint density at radius 1 is 0.927 bits per heavy atom. The fourth-order valence-corrected chi connectivity index (χ4v) is 5.53. The Bertz CT molecular complexity index is 1380. The summed E-state index contributed by atoms with van der Waals surface area (Å²) in [7, 11) is 0. The van der Waals surface area contributed by atoms with Gasteiger partial charge in [-0.3, -0.25) is 9.59 Å². The van der Waals surface area contributed by atoms with Crippen LogP contribution in [0.25, 0.3) is 11.1 Å². The van der Waals surface area contributed by atoms with Gasteiger partial charge in [-0.05, 0) is 47.6 Å². The molecule has 0 radical (unpaired) electrons. The van der Waals surface area contributed by atoms with E-state index in [2.05, 4.69) is 22.8 Å². The summed E-state index contributed by atoms with van der Waals surface area (Å²) in [6.07, 6.45) is 2.81. The predicted molar refractivity (Wildman–Crippen MR) is 154 cm³/mol. The number of hydrogen-bond donors (Lipinski definition) is 3. The number of ether oxygens (including phenoxy) is 2. The number of benzene rings is 3. The maximum atomic E-state index is 13.4. The maximum Gasteiger partial charge on any atom is 0.407 e. The molecule has 0 spiro atoms. The molecule has 4 atom stereocenters. The van der Waals surface area contributed by atoms with Gasteiger partial charge in [0.05, 0.1) is 18.6 Å². The fraction of sp³-hybridized carbons (Fsp3) is 0.303. The molecule has 0 bridgehead atoms. The Morgan fingerprint density at radius 2 is 1.56 bits per heavy atom. The quantitative estimate of drug-likeness (QED) is 0.303. The van der Waals surface area contributed by atoms with Crippen LogP contribution in [-0.2, 0) is 25.7 Å². The van der Waals surface area contributed by atoms with Crippen LogP contribution in [0, 0.1) is 5.92 Å². The van der Waals surface area contributed by atoms with Crippen LogP contribution < -0.4 is 10.6 Å². The molecule has 8 heteroatoms. The number of carboxylic acid groups (broad SMARTS) is 1. The normalized spacial score (nSPS) is 19.0. The van der Waals surface area contributed by atoms with Crippen molar-refractivity contribution in [1.82, 2.24) is 10.6 Å². The number of alkyl carbamates (subject to hydrolysis) is 1. The van der Waals surface area contributed by atoms with Gasteiger partial charge in [0.15, 0.2) is 0 Å². The highest BCUT2D eigenvalue weighted by Gasteiger charge is 2.33. The van der Waals surface area contributed by atoms with Crippen molar-refractivity contribution in [2.75, 3.05) is 6.61 Å². The second-order valence-electron chi connectivity index (χ2n) is 10.5. The molecular weight excluding hydrogens is 520 g/mol. The van der Waals surface area contributed by atoms with E-state index >= 15 is 0 Å². The van der Waals surface area contributed by atoms with Crippen LogP contribution >= 0.6 is 0 Å². The number of rotatable bonds is 10. The topological polar surface area (TPSA) is 114 Å². The Labute approximate surface area is 239 Å². The van der Waals surface area contributed by atoms with E-state index in [0.29, 0.717) is 6.42 Å². The SMILES string of the molecule is CC(OCc1ccccc1)C(NC(=O)OCC1c2ccccc2-c2ccccc21)C(=O)N[C@H]1C=CC[C@H](C(=O)O)C1. The van der Waals surface area contributed by atoms with Gasteiger partial charge in [-0.25, -0.2) is 4.79 Å². The first-order valence-electron chi connectivity index (χ1n) is 13.9. The summed E-state index contributed by atoms with van der Waals surface area (Å²) < 4.78 is 11.7. The lowest BCUT2D eigenvalue weighted by atomic mass is 9.91. The highest BCUT2D eigenvalue weighted by atomic mass is 16.5. The molecule has 0 saturated carbocycles. The van der Waals surface area contributed by atoms with E-state index in [1.54, 1.807) is 19.1 Å². The molecule has 0 aromatic heterocycles. The third-order valence-corrected chi connectivity index (χ3v) is 7.73. The van der Waals surface area contributed by atoms with Crippen LogP contribution in [0.5, 0.6) is 0 Å². The maximum absolute atomic E-state index is 13.4. The van der Waals surface area contributed by atoms with Crippen molar-refractivity contribution in [3.8, 4) is 11.1 Å². The molecule has 212 valence electrons. The number of nitrogens with one attached hydrogen (secondary N) is 2. The molecule has 3 aromatic carbocycles. The van der Waals surface area contributed by atoms with E-state index in [1.165, 1.54) is 0 Å². The zero-order chi connectivity index (χ0) is 28.8. The number of aliphatic carboxylic acids is 1. The first kappa shape index (κ1) is 28.1. The van der Waals surface area contributed by atoms with Crippen molar-refractivity contribution in [1.29, 1.82) is 0 Å². The van der Waals surface area contributed by atoms with E-state index in [9.17, 15) is 19.5 Å². The van der Waals surface area contributed by atoms with Crippen LogP contribution in [0.15, 0.2) is 91.0 Å². The Morgan fingerprint density at radius 3 is 2.22 bits per heavy atom. The predicted octanol–water partition coefficient (Wildman–Crippen LogP) is 5.03. The molecule has 3 N–H and O–H groups in total. The van der Waals surface area contributed by atoms with E-state index in [-0.39, 0.29) is 25.6 Å². The molecule has 0 aliphatic heterocycles. The summed E-state index contributed by atoms with van der Waals surface area (Å²) in [4.78, 5) is 38.0. The second-order valence-corrected chi connectivity index (χ2v) is 10.5. The summed E-state index contributed by atoms with van der Waals surface area (Å²) in [5.74, 6) is -2.07. The van der Waals surface area contributed by atoms with Crippen molar-refractivity contribution in [3.63, 3.8) is 0 Å². The number of fused-ring (bicyclic) bond motifs is 3. The van der Waals surface area contributed by atoms with Crippen molar-refractivity contribution < 1.29 is 29.0 Å². The van der Waals surface area contributed by atoms with Crippen molar-refractivity contribution in [2.45, 2.75) is 50.5 Å². The first-order valence-corrected chi connectivity index (χ1v) is 13.9. The molecule has 2 unspecified atom stereocenters. The average Bonchev–Trinajstić information content (AvgIpc) is 3.31. The Hall–Kier alpha value is -4.43. The van der Waals surface area contributed by atoms with Gasteiger partial charge in [0.2, 0.25) is 5.91 Å². The van der Waals surface area contributed by atoms with Gasteiger partial charge in [-0.1, -0.05) is 91.0 Å². The number of carbonyl (C=O) groups excluding carboxylic acids is 2. The van der Waals surface area contributed by atoms with Crippen LogP contribution in [0.2, 0.25) is 0 Å². The van der Waals surface area contributed by atoms with Gasteiger partial charge in [0.1, 0.15) is 12.6 Å². The molecular formula is C33H34N2O6. The summed E-state index contributed by atoms with van der Waals surface area (Å²) in [6.45, 7) is 2.08. The smallest absolute Gasteiger partial charge is 0.407 e. The molecule has 2 amide bonds. The van der Waals surface area contributed by atoms with E-state index < -0.39 is 42.1 Å². The number of allylic oxidation sites excluding steroid dienone is 1. The number of carbonyl (C=O) groups is 3. The minimum Gasteiger partial charge on any atom is -0.481 e. The summed E-state index contributed by atoms with van der Waals surface area (Å²) in [5.41, 5.74) is 5.36. The minimum atomic E-state index is -1.06. The molecule has 0 fully saturated rings. The van der Waals surface area contributed by atoms with Gasteiger partial charge >= 0.3 is 12.1 Å². The molecule has 2 aliphatic carbocycles. The van der Waals surface area contributed by atoms with E-state index in [0.717, 1.165) is 27.8 Å². The van der Waals surface area contributed by atoms with Crippen LogP contribution in [-0.4, -0.2) is 47.9 Å². The van der Waals surface area contributed by atoms with Crippen molar-refractivity contribution in [2.24, 2.45) is 5.92 Å². The molecule has 0 saturated heterocycles. The third-order valence-electron chi connectivity index (χ3n) is 7.73. The van der Waals surface area contributed by atoms with Crippen LogP contribution in [0.3, 0.4) is 0 Å². The molecule has 3 aromatic rings. The highest BCUT2D eigenvalue weighted by Crippen LogP contribution is 2.44. The molecule has 2 aliphatic rings. The summed E-state index contributed by atoms with van der Waals surface area (Å²) in [6, 6.07) is 24.1. The molecule has 41 heavy (non-hydrogen) atoms.